The van der Waals surface area contributed by atoms with E-state index in [4.69, 9.17) is 11.6 Å². The summed E-state index contributed by atoms with van der Waals surface area (Å²) >= 11 is 6.81. The summed E-state index contributed by atoms with van der Waals surface area (Å²) in [7, 11) is 0. The van der Waals surface area contributed by atoms with Crippen LogP contribution in [-0.2, 0) is 9.59 Å². The van der Waals surface area contributed by atoms with E-state index in [1.807, 2.05) is 6.08 Å². The lowest BCUT2D eigenvalue weighted by Crippen LogP contribution is -2.53. The Labute approximate surface area is 150 Å². The van der Waals surface area contributed by atoms with Crippen LogP contribution in [0.1, 0.15) is 65.7 Å². The Morgan fingerprint density at radius 1 is 1.17 bits per heavy atom. The second-order valence-corrected chi connectivity index (χ2v) is 9.88. The normalized spacial score (nSPS) is 50.6. The molecule has 7 atom stereocenters. The lowest BCUT2D eigenvalue weighted by Gasteiger charge is -2.59. The minimum Gasteiger partial charge on any atom is -0.300 e. The summed E-state index contributed by atoms with van der Waals surface area (Å²) < 4.78 is 0. The molecule has 132 valence electrons. The molecule has 0 aromatic rings. The van der Waals surface area contributed by atoms with Gasteiger partial charge in [0, 0.05) is 12.3 Å². The summed E-state index contributed by atoms with van der Waals surface area (Å²) in [6.45, 7) is 6.51. The molecule has 0 radical (unpaired) electrons. The molecular formula is C21H29ClO2. The number of hydrogen-bond acceptors (Lipinski definition) is 2. The van der Waals surface area contributed by atoms with Gasteiger partial charge in [-0.1, -0.05) is 13.8 Å². The fourth-order valence-electron chi connectivity index (χ4n) is 7.23. The number of Topliss-reactive ketones (excluding diaryl/α,β-unsaturated/α-hetero) is 1. The van der Waals surface area contributed by atoms with E-state index in [9.17, 15) is 9.59 Å². The zero-order valence-electron chi connectivity index (χ0n) is 15.1. The maximum Gasteiger partial charge on any atom is 0.155 e. The first-order valence-electron chi connectivity index (χ1n) is 9.67. The molecule has 0 spiro atoms. The van der Waals surface area contributed by atoms with Gasteiger partial charge in [-0.3, -0.25) is 9.59 Å². The summed E-state index contributed by atoms with van der Waals surface area (Å²) in [6, 6.07) is 0. The van der Waals surface area contributed by atoms with Gasteiger partial charge in [0.1, 0.15) is 5.78 Å². The molecule has 3 saturated carbocycles. The van der Waals surface area contributed by atoms with Crippen LogP contribution in [0.25, 0.3) is 0 Å². The van der Waals surface area contributed by atoms with E-state index >= 15 is 0 Å². The molecular weight excluding hydrogens is 320 g/mol. The molecule has 3 heteroatoms. The van der Waals surface area contributed by atoms with Crippen molar-refractivity contribution in [3.8, 4) is 0 Å². The van der Waals surface area contributed by atoms with Crippen molar-refractivity contribution >= 4 is 23.2 Å². The third-order valence-corrected chi connectivity index (χ3v) is 8.84. The Hall–Kier alpha value is -0.630. The lowest BCUT2D eigenvalue weighted by molar-refractivity contribution is -0.128. The molecule has 0 aliphatic heterocycles. The van der Waals surface area contributed by atoms with Gasteiger partial charge >= 0.3 is 0 Å². The largest absolute Gasteiger partial charge is 0.300 e. The van der Waals surface area contributed by atoms with Crippen LogP contribution in [0.2, 0.25) is 0 Å². The summed E-state index contributed by atoms with van der Waals surface area (Å²) in [6.07, 6.45) is 9.08. The highest BCUT2D eigenvalue weighted by Crippen LogP contribution is 2.67. The van der Waals surface area contributed by atoms with Gasteiger partial charge in [-0.15, -0.1) is 11.6 Å². The van der Waals surface area contributed by atoms with E-state index in [1.165, 1.54) is 18.4 Å². The zero-order chi connectivity index (χ0) is 17.3. The van der Waals surface area contributed by atoms with Gasteiger partial charge in [0.15, 0.2) is 5.78 Å². The molecule has 0 N–H and O–H groups in total. The molecule has 0 bridgehead atoms. The number of halogens is 1. The first-order valence-corrected chi connectivity index (χ1v) is 10.1. The van der Waals surface area contributed by atoms with Crippen molar-refractivity contribution in [3.63, 3.8) is 0 Å². The van der Waals surface area contributed by atoms with Crippen molar-refractivity contribution < 1.29 is 9.59 Å². The minimum atomic E-state index is -0.000715. The average molecular weight is 349 g/mol. The maximum absolute atomic E-state index is 12.2. The fourth-order valence-corrected chi connectivity index (χ4v) is 7.74. The third kappa shape index (κ3) is 2.14. The van der Waals surface area contributed by atoms with E-state index in [0.29, 0.717) is 30.0 Å². The first kappa shape index (κ1) is 16.8. The van der Waals surface area contributed by atoms with Gasteiger partial charge in [-0.25, -0.2) is 0 Å². The summed E-state index contributed by atoms with van der Waals surface area (Å²) in [5, 5.41) is -0.000715. The third-order valence-electron chi connectivity index (χ3n) is 8.43. The monoisotopic (exact) mass is 348 g/mol. The number of fused-ring (bicyclic) bond motifs is 5. The molecule has 0 unspecified atom stereocenters. The van der Waals surface area contributed by atoms with Crippen molar-refractivity contribution in [1.82, 2.24) is 0 Å². The highest BCUT2D eigenvalue weighted by atomic mass is 35.5. The lowest BCUT2D eigenvalue weighted by atomic mass is 9.46. The predicted molar refractivity (Wildman–Crippen MR) is 95.9 cm³/mol. The van der Waals surface area contributed by atoms with Crippen LogP contribution in [0.4, 0.5) is 0 Å². The van der Waals surface area contributed by atoms with Crippen LogP contribution in [0.5, 0.6) is 0 Å². The number of carbonyl (C=O) groups excluding carboxylic acids is 2. The molecule has 0 saturated heterocycles. The highest BCUT2D eigenvalue weighted by Gasteiger charge is 2.60. The molecule has 0 aromatic heterocycles. The quantitative estimate of drug-likeness (QED) is 0.629. The Morgan fingerprint density at radius 2 is 1.92 bits per heavy atom. The number of alkyl halides is 1. The van der Waals surface area contributed by atoms with Crippen LogP contribution >= 0.6 is 11.6 Å². The van der Waals surface area contributed by atoms with Crippen LogP contribution in [0, 0.1) is 34.5 Å². The standard InChI is InChI=1S/C21H29ClO2/c1-12(23)15-4-5-16-14-11-19(22)18-10-13(24)6-8-21(18,3)17(14)7-9-20(15,16)2/h10,14-17,19H,4-9,11H2,1-3H3/t14-,15+,16-,17-,19-,20+,21+/m0/s1. The van der Waals surface area contributed by atoms with Crippen LogP contribution in [-0.4, -0.2) is 16.9 Å². The minimum absolute atomic E-state index is 0.000715. The Bertz CT molecular complexity index is 623. The summed E-state index contributed by atoms with van der Waals surface area (Å²) in [5.41, 5.74) is 1.48. The number of ketones is 2. The molecule has 0 amide bonds. The van der Waals surface area contributed by atoms with Crippen molar-refractivity contribution in [3.05, 3.63) is 11.6 Å². The summed E-state index contributed by atoms with van der Waals surface area (Å²) in [4.78, 5) is 24.1. The fraction of sp³-hybridized carbons (Fsp3) is 0.810. The van der Waals surface area contributed by atoms with Crippen LogP contribution < -0.4 is 0 Å². The number of carbonyl (C=O) groups is 2. The Morgan fingerprint density at radius 3 is 2.62 bits per heavy atom. The average Bonchev–Trinajstić information content (AvgIpc) is 2.87. The van der Waals surface area contributed by atoms with Gasteiger partial charge in [0.25, 0.3) is 0 Å². The van der Waals surface area contributed by atoms with Crippen molar-refractivity contribution in [2.75, 3.05) is 0 Å². The van der Waals surface area contributed by atoms with Gasteiger partial charge < -0.3 is 0 Å². The molecule has 0 aromatic carbocycles. The Balaban J connectivity index is 1.71. The molecule has 4 aliphatic carbocycles. The molecule has 2 nitrogen and oxygen atoms in total. The van der Waals surface area contributed by atoms with E-state index in [0.717, 1.165) is 25.7 Å². The highest BCUT2D eigenvalue weighted by molar-refractivity contribution is 6.23. The number of allylic oxidation sites excluding steroid dienone is 1. The van der Waals surface area contributed by atoms with E-state index in [1.54, 1.807) is 6.92 Å². The molecule has 4 aliphatic rings. The van der Waals surface area contributed by atoms with E-state index in [2.05, 4.69) is 13.8 Å². The van der Waals surface area contributed by atoms with Crippen molar-refractivity contribution in [2.45, 2.75) is 71.1 Å². The zero-order valence-corrected chi connectivity index (χ0v) is 15.9. The molecule has 0 heterocycles. The molecule has 4 rings (SSSR count). The summed E-state index contributed by atoms with van der Waals surface area (Å²) in [5.74, 6) is 2.76. The Kier molecular flexibility index (Phi) is 3.81. The predicted octanol–water partition coefficient (Wildman–Crippen LogP) is 4.94. The maximum atomic E-state index is 12.2. The van der Waals surface area contributed by atoms with Gasteiger partial charge in [0.05, 0.1) is 5.38 Å². The van der Waals surface area contributed by atoms with Gasteiger partial charge in [0.2, 0.25) is 0 Å². The second-order valence-electron chi connectivity index (χ2n) is 9.35. The topological polar surface area (TPSA) is 34.1 Å². The SMILES string of the molecule is CC(=O)[C@H]1CC[C@H]2[C@@H]3C[C@H](Cl)C4=CC(=O)CC[C@]4(C)[C@H]3CC[C@]12C. The number of hydrogen-bond donors (Lipinski definition) is 0. The van der Waals surface area contributed by atoms with Crippen molar-refractivity contribution in [2.24, 2.45) is 34.5 Å². The van der Waals surface area contributed by atoms with Crippen LogP contribution in [0.3, 0.4) is 0 Å². The van der Waals surface area contributed by atoms with E-state index in [-0.39, 0.29) is 27.9 Å². The smallest absolute Gasteiger partial charge is 0.155 e. The first-order chi connectivity index (χ1) is 11.3. The van der Waals surface area contributed by atoms with Crippen LogP contribution in [0.15, 0.2) is 11.6 Å². The van der Waals surface area contributed by atoms with Crippen molar-refractivity contribution in [1.29, 1.82) is 0 Å². The van der Waals surface area contributed by atoms with E-state index < -0.39 is 0 Å². The number of rotatable bonds is 1. The molecule has 24 heavy (non-hydrogen) atoms. The second kappa shape index (κ2) is 5.43. The molecule has 3 fully saturated rings. The van der Waals surface area contributed by atoms with Gasteiger partial charge in [-0.2, -0.15) is 0 Å². The van der Waals surface area contributed by atoms with Gasteiger partial charge in [-0.05, 0) is 85.7 Å².